The van der Waals surface area contributed by atoms with E-state index in [1.807, 2.05) is 12.2 Å². The molecule has 0 radical (unpaired) electrons. The van der Waals surface area contributed by atoms with Crippen molar-refractivity contribution in [2.75, 3.05) is 25.8 Å². The SMILES string of the molecule is COc1cc(/C=C/C(O)=C/C(=O)C2C3CSCN3C3(C(=O)NC4CC=C(Cl)C=C43)C2c2ccc(O)c(OC)c2)ccc1O. The van der Waals surface area contributed by atoms with E-state index in [0.717, 1.165) is 5.57 Å². The van der Waals surface area contributed by atoms with Crippen LogP contribution in [0.3, 0.4) is 0 Å². The van der Waals surface area contributed by atoms with Gasteiger partial charge in [0.05, 0.1) is 20.3 Å². The number of ketones is 1. The van der Waals surface area contributed by atoms with Crippen molar-refractivity contribution in [1.29, 1.82) is 0 Å². The molecule has 2 aromatic rings. The van der Waals surface area contributed by atoms with Crippen molar-refractivity contribution < 1.29 is 34.4 Å². The third kappa shape index (κ3) is 4.77. The Morgan fingerprint density at radius 1 is 1.14 bits per heavy atom. The fourth-order valence-electron chi connectivity index (χ4n) is 6.93. The largest absolute Gasteiger partial charge is 0.508 e. The Labute approximate surface area is 258 Å². The lowest BCUT2D eigenvalue weighted by molar-refractivity contribution is -0.127. The summed E-state index contributed by atoms with van der Waals surface area (Å²) < 4.78 is 10.6. The van der Waals surface area contributed by atoms with Crippen molar-refractivity contribution in [1.82, 2.24) is 10.2 Å². The highest BCUT2D eigenvalue weighted by Gasteiger charge is 2.70. The number of methoxy groups -OCH3 is 2. The summed E-state index contributed by atoms with van der Waals surface area (Å²) in [6, 6.07) is 9.10. The van der Waals surface area contributed by atoms with E-state index >= 15 is 0 Å². The van der Waals surface area contributed by atoms with Crippen LogP contribution in [0.2, 0.25) is 0 Å². The van der Waals surface area contributed by atoms with Gasteiger partial charge < -0.3 is 30.1 Å². The molecule has 3 saturated heterocycles. The molecule has 43 heavy (non-hydrogen) atoms. The van der Waals surface area contributed by atoms with E-state index in [9.17, 15) is 24.9 Å². The fraction of sp³-hybridized carbons (Fsp3) is 0.312. The van der Waals surface area contributed by atoms with E-state index in [0.29, 0.717) is 34.2 Å². The van der Waals surface area contributed by atoms with Gasteiger partial charge in [-0.05, 0) is 59.5 Å². The van der Waals surface area contributed by atoms with Gasteiger partial charge in [0, 0.05) is 40.6 Å². The van der Waals surface area contributed by atoms with Gasteiger partial charge in [-0.3, -0.25) is 14.5 Å². The standard InChI is InChI=1S/C32H31ClN2O7S/c1-41-27-11-17(4-9-24(27)37)3-7-20(36)14-26(39)29-23-15-43-16-35(23)32(21-13-19(33)6-8-22(21)34-31(32)40)30(29)18-5-10-25(38)28(12-18)42-2/h3-7,9-14,22-23,29-30,36-38H,8,15-16H2,1-2H3,(H,34,40)/b7-3+,20-14-. The number of carbonyl (C=O) groups is 2. The Morgan fingerprint density at radius 2 is 1.86 bits per heavy atom. The fourth-order valence-corrected chi connectivity index (χ4v) is 8.47. The molecular weight excluding hydrogens is 592 g/mol. The number of aliphatic hydroxyl groups excluding tert-OH is 1. The number of phenols is 2. The van der Waals surface area contributed by atoms with Gasteiger partial charge in [0.15, 0.2) is 28.8 Å². The van der Waals surface area contributed by atoms with Crippen molar-refractivity contribution >= 4 is 41.1 Å². The summed E-state index contributed by atoms with van der Waals surface area (Å²) in [7, 11) is 2.89. The maximum atomic E-state index is 14.2. The van der Waals surface area contributed by atoms with Crippen LogP contribution in [0.1, 0.15) is 23.5 Å². The summed E-state index contributed by atoms with van der Waals surface area (Å²) in [5, 5.41) is 34.8. The Kier molecular flexibility index (Phi) is 7.70. The maximum Gasteiger partial charge on any atom is 0.246 e. The number of carbonyl (C=O) groups excluding carboxylic acids is 2. The first-order chi connectivity index (χ1) is 20.7. The number of fused-ring (bicyclic) bond motifs is 4. The third-order valence-electron chi connectivity index (χ3n) is 8.74. The van der Waals surface area contributed by atoms with Crippen LogP contribution in [0.25, 0.3) is 6.08 Å². The van der Waals surface area contributed by atoms with E-state index in [4.69, 9.17) is 21.1 Å². The number of amides is 1. The molecule has 11 heteroatoms. The molecule has 0 saturated carbocycles. The molecule has 4 N–H and O–H groups in total. The first kappa shape index (κ1) is 29.2. The smallest absolute Gasteiger partial charge is 0.246 e. The number of thioether (sulfide) groups is 1. The second kappa shape index (κ2) is 11.3. The van der Waals surface area contributed by atoms with Crippen LogP contribution in [0, 0.1) is 5.92 Å². The van der Waals surface area contributed by atoms with Gasteiger partial charge >= 0.3 is 0 Å². The Balaban J connectivity index is 1.45. The minimum Gasteiger partial charge on any atom is -0.508 e. The van der Waals surface area contributed by atoms with Gasteiger partial charge in [0.1, 0.15) is 11.3 Å². The number of nitrogens with zero attached hydrogens (tertiary/aromatic N) is 1. The third-order valence-corrected chi connectivity index (χ3v) is 10.0. The van der Waals surface area contributed by atoms with Crippen molar-refractivity contribution in [3.8, 4) is 23.0 Å². The summed E-state index contributed by atoms with van der Waals surface area (Å²) in [6.45, 7) is 0. The first-order valence-corrected chi connectivity index (χ1v) is 15.3. The molecule has 9 nitrogen and oxygen atoms in total. The Hall–Kier alpha value is -3.86. The molecule has 3 aliphatic heterocycles. The molecule has 1 amide bonds. The van der Waals surface area contributed by atoms with Crippen LogP contribution in [0.4, 0.5) is 0 Å². The van der Waals surface area contributed by atoms with Crippen LogP contribution < -0.4 is 14.8 Å². The quantitative estimate of drug-likeness (QED) is 0.199. The van der Waals surface area contributed by atoms with Crippen LogP contribution in [0.15, 0.2) is 77.1 Å². The van der Waals surface area contributed by atoms with Gasteiger partial charge in [0.2, 0.25) is 5.91 Å². The highest BCUT2D eigenvalue weighted by atomic mass is 35.5. The highest BCUT2D eigenvalue weighted by Crippen LogP contribution is 2.60. The zero-order valence-corrected chi connectivity index (χ0v) is 25.1. The zero-order valence-electron chi connectivity index (χ0n) is 23.5. The van der Waals surface area contributed by atoms with Crippen LogP contribution in [-0.4, -0.2) is 75.4 Å². The van der Waals surface area contributed by atoms with Gasteiger partial charge in [-0.25, -0.2) is 0 Å². The monoisotopic (exact) mass is 622 g/mol. The Morgan fingerprint density at radius 3 is 2.60 bits per heavy atom. The summed E-state index contributed by atoms with van der Waals surface area (Å²) >= 11 is 8.16. The zero-order chi connectivity index (χ0) is 30.5. The molecular formula is C32H31ClN2O7S. The number of allylic oxidation sites excluding steroid dienone is 4. The Bertz CT molecular complexity index is 1620. The highest BCUT2D eigenvalue weighted by molar-refractivity contribution is 7.99. The van der Waals surface area contributed by atoms with Gasteiger partial charge in [-0.2, -0.15) is 0 Å². The maximum absolute atomic E-state index is 14.2. The summed E-state index contributed by atoms with van der Waals surface area (Å²) in [5.41, 5.74) is 0.933. The first-order valence-electron chi connectivity index (χ1n) is 13.8. The predicted octanol–water partition coefficient (Wildman–Crippen LogP) is 4.62. The van der Waals surface area contributed by atoms with Crippen molar-refractivity contribution in [2.24, 2.45) is 5.92 Å². The molecule has 1 spiro atoms. The number of benzene rings is 2. The van der Waals surface area contributed by atoms with Crippen molar-refractivity contribution in [2.45, 2.75) is 30.0 Å². The number of ether oxygens (including phenoxy) is 2. The second-order valence-corrected chi connectivity index (χ2v) is 12.4. The average molecular weight is 623 g/mol. The molecule has 2 aromatic carbocycles. The molecule has 224 valence electrons. The minimum absolute atomic E-state index is 0.0105. The predicted molar refractivity (Wildman–Crippen MR) is 165 cm³/mol. The lowest BCUT2D eigenvalue weighted by Gasteiger charge is -2.39. The number of hydrogen-bond acceptors (Lipinski definition) is 9. The normalized spacial score (nSPS) is 28.4. The van der Waals surface area contributed by atoms with E-state index in [2.05, 4.69) is 10.2 Å². The molecule has 3 fully saturated rings. The van der Waals surface area contributed by atoms with Gasteiger partial charge in [-0.15, -0.1) is 11.8 Å². The summed E-state index contributed by atoms with van der Waals surface area (Å²) in [6.07, 6.45) is 8.47. The minimum atomic E-state index is -1.20. The van der Waals surface area contributed by atoms with Crippen LogP contribution >= 0.6 is 23.4 Å². The molecule has 3 heterocycles. The van der Waals surface area contributed by atoms with E-state index < -0.39 is 17.4 Å². The number of rotatable bonds is 7. The van der Waals surface area contributed by atoms with Crippen molar-refractivity contribution in [3.63, 3.8) is 0 Å². The van der Waals surface area contributed by atoms with E-state index in [-0.39, 0.29) is 52.5 Å². The molecule has 4 aliphatic rings. The number of aromatic hydroxyl groups is 2. The van der Waals surface area contributed by atoms with Crippen molar-refractivity contribution in [3.05, 3.63) is 88.2 Å². The second-order valence-electron chi connectivity index (χ2n) is 10.9. The molecule has 5 unspecified atom stereocenters. The number of hydrogen-bond donors (Lipinski definition) is 4. The lowest BCUT2D eigenvalue weighted by atomic mass is 9.68. The van der Waals surface area contributed by atoms with Crippen LogP contribution in [0.5, 0.6) is 23.0 Å². The van der Waals surface area contributed by atoms with Crippen LogP contribution in [-0.2, 0) is 9.59 Å². The lowest BCUT2D eigenvalue weighted by Crippen LogP contribution is -2.54. The van der Waals surface area contributed by atoms with Gasteiger partial charge in [-0.1, -0.05) is 35.9 Å². The molecule has 1 aliphatic carbocycles. The average Bonchev–Trinajstić information content (AvgIpc) is 3.65. The number of nitrogens with one attached hydrogen (secondary N) is 1. The number of phenolic OH excluding ortho intramolecular Hbond substituents is 2. The van der Waals surface area contributed by atoms with E-state index in [1.54, 1.807) is 42.1 Å². The molecule has 5 atom stereocenters. The number of halogens is 1. The molecule has 6 rings (SSSR count). The van der Waals surface area contributed by atoms with E-state index in [1.165, 1.54) is 38.5 Å². The molecule has 0 bridgehead atoms. The summed E-state index contributed by atoms with van der Waals surface area (Å²) in [4.78, 5) is 30.5. The van der Waals surface area contributed by atoms with Gasteiger partial charge in [0.25, 0.3) is 0 Å². The molecule has 0 aromatic heterocycles. The summed E-state index contributed by atoms with van der Waals surface area (Å²) in [5.74, 6) is -0.533. The number of aliphatic hydroxyl groups is 1. The topological polar surface area (TPSA) is 129 Å².